The molecule has 0 bridgehead atoms. The minimum Gasteiger partial charge on any atom is -0.447 e. The molecule has 1 heterocycles. The van der Waals surface area contributed by atoms with E-state index in [0.717, 1.165) is 5.56 Å². The van der Waals surface area contributed by atoms with Crippen LogP contribution >= 0.6 is 15.9 Å². The summed E-state index contributed by atoms with van der Waals surface area (Å²) < 4.78 is 18.0. The summed E-state index contributed by atoms with van der Waals surface area (Å²) in [7, 11) is 0. The Bertz CT molecular complexity index is 383. The molecule has 1 aromatic rings. The van der Waals surface area contributed by atoms with Crippen LogP contribution in [-0.2, 0) is 4.74 Å². The van der Waals surface area contributed by atoms with Gasteiger partial charge in [-0.05, 0) is 33.6 Å². The number of benzene rings is 1. The summed E-state index contributed by atoms with van der Waals surface area (Å²) in [5.74, 6) is -0.320. The van der Waals surface area contributed by atoms with E-state index in [1.54, 1.807) is 12.1 Å². The van der Waals surface area contributed by atoms with Crippen LogP contribution in [0, 0.1) is 5.82 Å². The SMILES string of the molecule is O=C1NC(c2ccc(F)c(Br)c2)CO1. The molecule has 1 saturated heterocycles. The van der Waals surface area contributed by atoms with Gasteiger partial charge in [0, 0.05) is 0 Å². The number of halogens is 2. The number of alkyl carbamates (subject to hydrolysis) is 1. The molecule has 1 aliphatic heterocycles. The van der Waals surface area contributed by atoms with Crippen molar-refractivity contribution < 1.29 is 13.9 Å². The Balaban J connectivity index is 2.24. The van der Waals surface area contributed by atoms with Gasteiger partial charge in [-0.2, -0.15) is 0 Å². The number of carbonyl (C=O) groups is 1. The van der Waals surface area contributed by atoms with E-state index in [9.17, 15) is 9.18 Å². The summed E-state index contributed by atoms with van der Waals surface area (Å²) in [4.78, 5) is 10.8. The Morgan fingerprint density at radius 1 is 1.57 bits per heavy atom. The fourth-order valence-electron chi connectivity index (χ4n) is 1.29. The van der Waals surface area contributed by atoms with Crippen molar-refractivity contribution in [1.29, 1.82) is 0 Å². The van der Waals surface area contributed by atoms with Crippen molar-refractivity contribution in [3.05, 3.63) is 34.1 Å². The molecule has 1 N–H and O–H groups in total. The summed E-state index contributed by atoms with van der Waals surface area (Å²) in [5.41, 5.74) is 0.823. The first-order valence-corrected chi connectivity index (χ1v) is 4.84. The first kappa shape index (κ1) is 9.45. The molecule has 0 aliphatic carbocycles. The van der Waals surface area contributed by atoms with E-state index in [-0.39, 0.29) is 18.5 Å². The number of hydrogen-bond donors (Lipinski definition) is 1. The van der Waals surface area contributed by atoms with Gasteiger partial charge < -0.3 is 10.1 Å². The van der Waals surface area contributed by atoms with Crippen LogP contribution in [0.25, 0.3) is 0 Å². The number of amides is 1. The highest BCUT2D eigenvalue weighted by molar-refractivity contribution is 9.10. The predicted octanol–water partition coefficient (Wildman–Crippen LogP) is 2.37. The topological polar surface area (TPSA) is 38.3 Å². The molecule has 0 radical (unpaired) electrons. The molecule has 1 unspecified atom stereocenters. The first-order valence-electron chi connectivity index (χ1n) is 4.05. The maximum Gasteiger partial charge on any atom is 0.407 e. The van der Waals surface area contributed by atoms with E-state index in [0.29, 0.717) is 4.47 Å². The van der Waals surface area contributed by atoms with Crippen LogP contribution in [-0.4, -0.2) is 12.7 Å². The molecular formula is C9H7BrFNO2. The Labute approximate surface area is 88.4 Å². The minimum absolute atomic E-state index is 0.181. The average Bonchev–Trinajstić information content (AvgIpc) is 2.57. The molecule has 5 heteroatoms. The van der Waals surface area contributed by atoms with Crippen molar-refractivity contribution in [3.8, 4) is 0 Å². The highest BCUT2D eigenvalue weighted by atomic mass is 79.9. The molecule has 74 valence electrons. The first-order chi connectivity index (χ1) is 6.66. The van der Waals surface area contributed by atoms with Crippen LogP contribution in [0.4, 0.5) is 9.18 Å². The summed E-state index contributed by atoms with van der Waals surface area (Å²) in [6, 6.07) is 4.43. The number of carbonyl (C=O) groups excluding carboxylic acids is 1. The van der Waals surface area contributed by atoms with Crippen LogP contribution < -0.4 is 5.32 Å². The Hall–Kier alpha value is -1.10. The monoisotopic (exact) mass is 259 g/mol. The average molecular weight is 260 g/mol. The van der Waals surface area contributed by atoms with Gasteiger partial charge in [-0.1, -0.05) is 6.07 Å². The second kappa shape index (κ2) is 3.57. The van der Waals surface area contributed by atoms with Crippen molar-refractivity contribution in [2.24, 2.45) is 0 Å². The van der Waals surface area contributed by atoms with E-state index in [4.69, 9.17) is 4.74 Å². The lowest BCUT2D eigenvalue weighted by molar-refractivity contribution is 0.177. The van der Waals surface area contributed by atoms with Crippen LogP contribution in [0.5, 0.6) is 0 Å². The van der Waals surface area contributed by atoms with Crippen molar-refractivity contribution in [3.63, 3.8) is 0 Å². The maximum atomic E-state index is 12.9. The quantitative estimate of drug-likeness (QED) is 0.841. The molecule has 1 atom stereocenters. The molecule has 3 nitrogen and oxygen atoms in total. The zero-order chi connectivity index (χ0) is 10.1. The lowest BCUT2D eigenvalue weighted by Crippen LogP contribution is -2.18. The van der Waals surface area contributed by atoms with Gasteiger partial charge in [0.05, 0.1) is 10.5 Å². The summed E-state index contributed by atoms with van der Waals surface area (Å²) >= 11 is 3.08. The smallest absolute Gasteiger partial charge is 0.407 e. The van der Waals surface area contributed by atoms with Gasteiger partial charge in [0.25, 0.3) is 0 Å². The van der Waals surface area contributed by atoms with Crippen LogP contribution in [0.15, 0.2) is 22.7 Å². The molecule has 0 aromatic heterocycles. The Morgan fingerprint density at radius 2 is 2.36 bits per heavy atom. The van der Waals surface area contributed by atoms with Gasteiger partial charge in [-0.25, -0.2) is 9.18 Å². The molecule has 1 aliphatic rings. The number of hydrogen-bond acceptors (Lipinski definition) is 2. The van der Waals surface area contributed by atoms with Crippen LogP contribution in [0.1, 0.15) is 11.6 Å². The molecular weight excluding hydrogens is 253 g/mol. The van der Waals surface area contributed by atoms with E-state index < -0.39 is 6.09 Å². The largest absolute Gasteiger partial charge is 0.447 e. The number of nitrogens with one attached hydrogen (secondary N) is 1. The fraction of sp³-hybridized carbons (Fsp3) is 0.222. The highest BCUT2D eigenvalue weighted by Crippen LogP contribution is 2.23. The van der Waals surface area contributed by atoms with Crippen molar-refractivity contribution in [1.82, 2.24) is 5.32 Å². The molecule has 0 spiro atoms. The third kappa shape index (κ3) is 1.72. The zero-order valence-corrected chi connectivity index (χ0v) is 8.67. The second-order valence-electron chi connectivity index (χ2n) is 2.97. The molecule has 2 rings (SSSR count). The standard InChI is InChI=1S/C9H7BrFNO2/c10-6-3-5(1-2-7(6)11)8-4-14-9(13)12-8/h1-3,8H,4H2,(H,12,13). The lowest BCUT2D eigenvalue weighted by Gasteiger charge is -2.07. The van der Waals surface area contributed by atoms with E-state index in [1.807, 2.05) is 0 Å². The molecule has 1 fully saturated rings. The molecule has 14 heavy (non-hydrogen) atoms. The van der Waals surface area contributed by atoms with Gasteiger partial charge in [0.15, 0.2) is 0 Å². The maximum absolute atomic E-state index is 12.9. The molecule has 1 amide bonds. The normalized spacial score (nSPS) is 20.4. The van der Waals surface area contributed by atoms with Crippen molar-refractivity contribution in [2.75, 3.05) is 6.61 Å². The van der Waals surface area contributed by atoms with Crippen LogP contribution in [0.3, 0.4) is 0 Å². The molecule has 1 aromatic carbocycles. The third-order valence-corrected chi connectivity index (χ3v) is 2.63. The van der Waals surface area contributed by atoms with Gasteiger partial charge in [0.1, 0.15) is 12.4 Å². The fourth-order valence-corrected chi connectivity index (χ4v) is 1.69. The van der Waals surface area contributed by atoms with Crippen molar-refractivity contribution >= 4 is 22.0 Å². The summed E-state index contributed by atoms with van der Waals surface area (Å²) in [6.07, 6.45) is -0.435. The minimum atomic E-state index is -0.435. The van der Waals surface area contributed by atoms with Crippen molar-refractivity contribution in [2.45, 2.75) is 6.04 Å². The lowest BCUT2D eigenvalue weighted by atomic mass is 10.1. The van der Waals surface area contributed by atoms with Gasteiger partial charge in [-0.3, -0.25) is 0 Å². The zero-order valence-electron chi connectivity index (χ0n) is 7.09. The van der Waals surface area contributed by atoms with Crippen LogP contribution in [0.2, 0.25) is 0 Å². The molecule has 0 saturated carbocycles. The predicted molar refractivity (Wildman–Crippen MR) is 51.3 cm³/mol. The van der Waals surface area contributed by atoms with E-state index in [1.165, 1.54) is 6.07 Å². The van der Waals surface area contributed by atoms with Gasteiger partial charge in [-0.15, -0.1) is 0 Å². The van der Waals surface area contributed by atoms with E-state index >= 15 is 0 Å². The number of rotatable bonds is 1. The highest BCUT2D eigenvalue weighted by Gasteiger charge is 2.23. The Kier molecular flexibility index (Phi) is 2.41. The summed E-state index contributed by atoms with van der Waals surface area (Å²) in [6.45, 7) is 0.289. The van der Waals surface area contributed by atoms with Gasteiger partial charge >= 0.3 is 6.09 Å². The number of cyclic esters (lactones) is 1. The third-order valence-electron chi connectivity index (χ3n) is 2.02. The van der Waals surface area contributed by atoms with Gasteiger partial charge in [0.2, 0.25) is 0 Å². The second-order valence-corrected chi connectivity index (χ2v) is 3.82. The summed E-state index contributed by atoms with van der Waals surface area (Å²) in [5, 5.41) is 2.61. The Morgan fingerprint density at radius 3 is 2.93 bits per heavy atom. The van der Waals surface area contributed by atoms with E-state index in [2.05, 4.69) is 21.2 Å². The number of ether oxygens (including phenoxy) is 1.